The van der Waals surface area contributed by atoms with Crippen LogP contribution in [0.4, 0.5) is 0 Å². The van der Waals surface area contributed by atoms with Gasteiger partial charge in [0.05, 0.1) is 33.3 Å². The van der Waals surface area contributed by atoms with Crippen LogP contribution in [-0.4, -0.2) is 32.8 Å². The number of pyridine rings is 1. The van der Waals surface area contributed by atoms with Gasteiger partial charge >= 0.3 is 0 Å². The third kappa shape index (κ3) is 3.26. The van der Waals surface area contributed by atoms with E-state index < -0.39 is 0 Å². The number of nitrogens with one attached hydrogen (secondary N) is 1. The molecule has 0 spiro atoms. The second kappa shape index (κ2) is 7.05. The molecule has 3 aromatic heterocycles. The van der Waals surface area contributed by atoms with Crippen molar-refractivity contribution in [1.29, 1.82) is 0 Å². The van der Waals surface area contributed by atoms with Crippen LogP contribution in [0, 0.1) is 0 Å². The lowest BCUT2D eigenvalue weighted by molar-refractivity contribution is 0.0905. The summed E-state index contributed by atoms with van der Waals surface area (Å²) in [5, 5.41) is 10.5. The van der Waals surface area contributed by atoms with Gasteiger partial charge in [0.25, 0.3) is 5.91 Å². The van der Waals surface area contributed by atoms with Crippen molar-refractivity contribution in [3.8, 4) is 10.6 Å². The number of nitrogens with zero attached hydrogens (tertiary/aromatic N) is 3. The van der Waals surface area contributed by atoms with Crippen molar-refractivity contribution in [2.75, 3.05) is 6.54 Å². The Morgan fingerprint density at radius 3 is 2.81 bits per heavy atom. The molecule has 7 heteroatoms. The summed E-state index contributed by atoms with van der Waals surface area (Å²) in [6.45, 7) is 4.59. The number of rotatable bonds is 5. The van der Waals surface area contributed by atoms with E-state index in [0.29, 0.717) is 12.1 Å². The molecule has 0 atom stereocenters. The zero-order chi connectivity index (χ0) is 19.0. The number of aromatic nitrogens is 3. The molecule has 1 amide bonds. The highest BCUT2D eigenvalue weighted by molar-refractivity contribution is 7.13. The average Bonchev–Trinajstić information content (AvgIpc) is 3.40. The minimum atomic E-state index is -0.288. The lowest BCUT2D eigenvalue weighted by Gasteiger charge is -2.28. The topological polar surface area (TPSA) is 85.8 Å². The van der Waals surface area contributed by atoms with Gasteiger partial charge in [-0.25, -0.2) is 9.67 Å². The summed E-state index contributed by atoms with van der Waals surface area (Å²) in [4.78, 5) is 19.1. The molecule has 0 bridgehead atoms. The molecule has 1 fully saturated rings. The molecular weight excluding hydrogens is 358 g/mol. The van der Waals surface area contributed by atoms with Crippen LogP contribution in [0.2, 0.25) is 0 Å². The predicted octanol–water partition coefficient (Wildman–Crippen LogP) is 3.74. The number of hydrogen-bond acceptors (Lipinski definition) is 5. The predicted molar refractivity (Wildman–Crippen MR) is 109 cm³/mol. The molecule has 6 nitrogen and oxygen atoms in total. The molecule has 4 rings (SSSR count). The van der Waals surface area contributed by atoms with E-state index >= 15 is 0 Å². The van der Waals surface area contributed by atoms with Crippen molar-refractivity contribution in [3.05, 3.63) is 35.3 Å². The average molecular weight is 384 g/mol. The van der Waals surface area contributed by atoms with Gasteiger partial charge in [0, 0.05) is 12.6 Å². The quantitative estimate of drug-likeness (QED) is 0.703. The Hall–Kier alpha value is -2.25. The van der Waals surface area contributed by atoms with Crippen molar-refractivity contribution in [2.24, 2.45) is 5.73 Å². The molecule has 1 aliphatic rings. The van der Waals surface area contributed by atoms with Gasteiger partial charge in [-0.1, -0.05) is 18.9 Å². The first-order valence-corrected chi connectivity index (χ1v) is 10.4. The van der Waals surface area contributed by atoms with Crippen molar-refractivity contribution in [1.82, 2.24) is 20.1 Å². The number of amides is 1. The molecule has 3 aromatic rings. The number of nitrogens with two attached hydrogens (primary N) is 1. The highest BCUT2D eigenvalue weighted by Crippen LogP contribution is 2.31. The van der Waals surface area contributed by atoms with E-state index in [4.69, 9.17) is 10.7 Å². The maximum Gasteiger partial charge on any atom is 0.252 e. The Labute approximate surface area is 162 Å². The van der Waals surface area contributed by atoms with E-state index in [1.807, 2.05) is 28.3 Å². The van der Waals surface area contributed by atoms with Gasteiger partial charge in [0.15, 0.2) is 5.65 Å². The number of hydrogen-bond donors (Lipinski definition) is 2. The van der Waals surface area contributed by atoms with E-state index in [2.05, 4.69) is 24.3 Å². The smallest absolute Gasteiger partial charge is 0.252 e. The largest absolute Gasteiger partial charge is 0.345 e. The van der Waals surface area contributed by atoms with Crippen LogP contribution in [0.5, 0.6) is 0 Å². The number of carbonyl (C=O) groups is 1. The lowest BCUT2D eigenvalue weighted by Crippen LogP contribution is -2.51. The highest BCUT2D eigenvalue weighted by atomic mass is 32.1. The van der Waals surface area contributed by atoms with Crippen LogP contribution < -0.4 is 11.1 Å². The maximum atomic E-state index is 13.3. The Morgan fingerprint density at radius 2 is 2.19 bits per heavy atom. The first-order chi connectivity index (χ1) is 13.0. The molecule has 0 aromatic carbocycles. The van der Waals surface area contributed by atoms with Crippen LogP contribution in [-0.2, 0) is 0 Å². The van der Waals surface area contributed by atoms with E-state index in [1.165, 1.54) is 0 Å². The Balaban J connectivity index is 1.82. The molecule has 1 saturated carbocycles. The summed E-state index contributed by atoms with van der Waals surface area (Å²) in [5.41, 5.74) is 7.90. The number of fused-ring (bicyclic) bond motifs is 1. The van der Waals surface area contributed by atoms with E-state index in [9.17, 15) is 4.79 Å². The monoisotopic (exact) mass is 383 g/mol. The minimum absolute atomic E-state index is 0.0872. The molecule has 3 heterocycles. The third-order valence-corrected chi connectivity index (χ3v) is 6.30. The van der Waals surface area contributed by atoms with Gasteiger partial charge in [-0.3, -0.25) is 4.79 Å². The van der Waals surface area contributed by atoms with Crippen LogP contribution >= 0.6 is 11.3 Å². The second-order valence-corrected chi connectivity index (χ2v) is 8.55. The fourth-order valence-electron chi connectivity index (χ4n) is 3.87. The second-order valence-electron chi connectivity index (χ2n) is 7.60. The van der Waals surface area contributed by atoms with Crippen molar-refractivity contribution < 1.29 is 4.79 Å². The summed E-state index contributed by atoms with van der Waals surface area (Å²) in [7, 11) is 0. The van der Waals surface area contributed by atoms with Gasteiger partial charge in [-0.05, 0) is 44.2 Å². The standard InChI is InChI=1S/C20H25N5OS/c1-13(2)25-18-15(11-22-25)14(10-16(23-18)17-6-5-9-27-17)19(26)24-20(12-21)7-3-4-8-20/h5-6,9-11,13H,3-4,7-8,12,21H2,1-2H3,(H,24,26). The first kappa shape index (κ1) is 18.1. The number of carbonyl (C=O) groups excluding carboxylic acids is 1. The fourth-order valence-corrected chi connectivity index (χ4v) is 4.56. The summed E-state index contributed by atoms with van der Waals surface area (Å²) in [6.07, 6.45) is 5.84. The lowest BCUT2D eigenvalue weighted by atomic mass is 9.97. The first-order valence-electron chi connectivity index (χ1n) is 9.48. The summed E-state index contributed by atoms with van der Waals surface area (Å²) in [6, 6.07) is 6.06. The third-order valence-electron chi connectivity index (χ3n) is 5.40. The summed E-state index contributed by atoms with van der Waals surface area (Å²) in [5.74, 6) is -0.0872. The molecule has 0 unspecified atom stereocenters. The Bertz CT molecular complexity index is 954. The van der Waals surface area contributed by atoms with Gasteiger partial charge in [-0.15, -0.1) is 11.3 Å². The van der Waals surface area contributed by atoms with Gasteiger partial charge in [0.1, 0.15) is 0 Å². The SMILES string of the molecule is CC(C)n1ncc2c(C(=O)NC3(CN)CCCC3)cc(-c3cccs3)nc21. The van der Waals surface area contributed by atoms with Crippen molar-refractivity contribution in [2.45, 2.75) is 51.1 Å². The molecular formula is C20H25N5OS. The molecule has 3 N–H and O–H groups in total. The molecule has 0 radical (unpaired) electrons. The van der Waals surface area contributed by atoms with Crippen LogP contribution in [0.3, 0.4) is 0 Å². The molecule has 142 valence electrons. The van der Waals surface area contributed by atoms with Crippen LogP contribution in [0.25, 0.3) is 21.6 Å². The maximum absolute atomic E-state index is 13.3. The van der Waals surface area contributed by atoms with Gasteiger partial charge in [-0.2, -0.15) is 5.10 Å². The number of thiophene rings is 1. The van der Waals surface area contributed by atoms with Crippen molar-refractivity contribution in [3.63, 3.8) is 0 Å². The van der Waals surface area contributed by atoms with Crippen molar-refractivity contribution >= 4 is 28.3 Å². The van der Waals surface area contributed by atoms with E-state index in [-0.39, 0.29) is 17.5 Å². The van der Waals surface area contributed by atoms with Gasteiger partial charge in [0.2, 0.25) is 0 Å². The zero-order valence-electron chi connectivity index (χ0n) is 15.7. The van der Waals surface area contributed by atoms with Gasteiger partial charge < -0.3 is 11.1 Å². The van der Waals surface area contributed by atoms with E-state index in [0.717, 1.165) is 47.3 Å². The highest BCUT2D eigenvalue weighted by Gasteiger charge is 2.34. The zero-order valence-corrected chi connectivity index (χ0v) is 16.6. The molecule has 0 aliphatic heterocycles. The van der Waals surface area contributed by atoms with Crippen LogP contribution in [0.15, 0.2) is 29.8 Å². The minimum Gasteiger partial charge on any atom is -0.345 e. The summed E-state index contributed by atoms with van der Waals surface area (Å²) < 4.78 is 1.87. The Kier molecular flexibility index (Phi) is 4.74. The van der Waals surface area contributed by atoms with Crippen LogP contribution in [0.1, 0.15) is 55.9 Å². The normalized spacial score (nSPS) is 16.3. The summed E-state index contributed by atoms with van der Waals surface area (Å²) >= 11 is 1.61. The Morgan fingerprint density at radius 1 is 1.41 bits per heavy atom. The van der Waals surface area contributed by atoms with E-state index in [1.54, 1.807) is 17.5 Å². The molecule has 1 aliphatic carbocycles. The molecule has 27 heavy (non-hydrogen) atoms. The molecule has 0 saturated heterocycles. The fraction of sp³-hybridized carbons (Fsp3) is 0.450.